The zero-order chi connectivity index (χ0) is 20.9. The number of carbonyl (C=O) groups is 1. The second kappa shape index (κ2) is 8.84. The van der Waals surface area contributed by atoms with E-state index >= 15 is 0 Å². The van der Waals surface area contributed by atoms with E-state index in [1.165, 1.54) is 29.5 Å². The lowest BCUT2D eigenvalue weighted by Gasteiger charge is -1.99. The number of amides is 1. The number of rotatable bonds is 7. The molecule has 0 aliphatic heterocycles. The van der Waals surface area contributed by atoms with Gasteiger partial charge in [0.1, 0.15) is 0 Å². The van der Waals surface area contributed by atoms with Crippen LogP contribution in [0, 0.1) is 10.1 Å². The monoisotopic (exact) mass is 439 g/mol. The molecule has 11 heteroatoms. The summed E-state index contributed by atoms with van der Waals surface area (Å²) in [6, 6.07) is 15.6. The van der Waals surface area contributed by atoms with Gasteiger partial charge in [-0.15, -0.1) is 21.5 Å². The number of hydrogen-bond donors (Lipinski definition) is 1. The number of nitro groups is 1. The van der Waals surface area contributed by atoms with Crippen LogP contribution in [0.4, 0.5) is 10.8 Å². The average Bonchev–Trinajstić information content (AvgIpc) is 3.43. The van der Waals surface area contributed by atoms with Crippen LogP contribution in [0.15, 0.2) is 69.6 Å². The molecule has 0 atom stereocenters. The molecule has 0 saturated carbocycles. The number of benzene rings is 2. The molecule has 9 nitrogen and oxygen atoms in total. The average molecular weight is 439 g/mol. The van der Waals surface area contributed by atoms with Crippen molar-refractivity contribution in [2.75, 3.05) is 11.1 Å². The van der Waals surface area contributed by atoms with E-state index in [-0.39, 0.29) is 28.5 Å². The van der Waals surface area contributed by atoms with Gasteiger partial charge in [0.05, 0.1) is 16.4 Å². The van der Waals surface area contributed by atoms with E-state index < -0.39 is 4.92 Å². The number of anilines is 1. The van der Waals surface area contributed by atoms with Gasteiger partial charge in [0.2, 0.25) is 11.8 Å². The zero-order valence-electron chi connectivity index (χ0n) is 15.2. The molecular formula is C19H13N5O4S2. The number of nitrogens with zero attached hydrogens (tertiary/aromatic N) is 4. The molecule has 2 aromatic carbocycles. The van der Waals surface area contributed by atoms with Crippen LogP contribution in [0.5, 0.6) is 0 Å². The van der Waals surface area contributed by atoms with Crippen LogP contribution in [0.1, 0.15) is 0 Å². The highest BCUT2D eigenvalue weighted by Gasteiger charge is 2.15. The fraction of sp³-hybridized carbons (Fsp3) is 0.0526. The maximum absolute atomic E-state index is 12.2. The predicted octanol–water partition coefficient (Wildman–Crippen LogP) is 4.50. The van der Waals surface area contributed by atoms with Crippen molar-refractivity contribution < 1.29 is 14.1 Å². The van der Waals surface area contributed by atoms with Crippen LogP contribution in [-0.4, -0.2) is 31.8 Å². The third kappa shape index (κ3) is 4.70. The Labute approximate surface area is 178 Å². The van der Waals surface area contributed by atoms with Crippen molar-refractivity contribution in [1.82, 2.24) is 15.2 Å². The fourth-order valence-electron chi connectivity index (χ4n) is 2.49. The molecule has 4 aromatic rings. The van der Waals surface area contributed by atoms with Gasteiger partial charge in [0, 0.05) is 28.6 Å². The van der Waals surface area contributed by atoms with Crippen LogP contribution < -0.4 is 5.32 Å². The molecule has 0 unspecified atom stereocenters. The Kier molecular flexibility index (Phi) is 5.82. The van der Waals surface area contributed by atoms with Crippen LogP contribution in [0.2, 0.25) is 0 Å². The SMILES string of the molecule is O=C(CSc1nnc(-c2cccc([N+](=O)[O-])c2)o1)Nc1nc(-c2ccccc2)cs1. The van der Waals surface area contributed by atoms with Crippen molar-refractivity contribution in [3.63, 3.8) is 0 Å². The molecule has 30 heavy (non-hydrogen) atoms. The van der Waals surface area contributed by atoms with Crippen LogP contribution >= 0.6 is 23.1 Å². The number of carbonyl (C=O) groups excluding carboxylic acids is 1. The predicted molar refractivity (Wildman–Crippen MR) is 113 cm³/mol. The number of aromatic nitrogens is 3. The molecular weight excluding hydrogens is 426 g/mol. The Morgan fingerprint density at radius 2 is 1.93 bits per heavy atom. The first kappa shape index (κ1) is 19.7. The first-order valence-corrected chi connectivity index (χ1v) is 10.5. The minimum Gasteiger partial charge on any atom is -0.411 e. The zero-order valence-corrected chi connectivity index (χ0v) is 16.9. The number of nitro benzene ring substituents is 1. The van der Waals surface area contributed by atoms with Crippen molar-refractivity contribution in [1.29, 1.82) is 0 Å². The molecule has 1 amide bonds. The summed E-state index contributed by atoms with van der Waals surface area (Å²) < 4.78 is 5.49. The lowest BCUT2D eigenvalue weighted by Crippen LogP contribution is -2.13. The lowest BCUT2D eigenvalue weighted by atomic mass is 10.2. The van der Waals surface area contributed by atoms with E-state index in [2.05, 4.69) is 20.5 Å². The highest BCUT2D eigenvalue weighted by molar-refractivity contribution is 7.99. The molecule has 0 saturated heterocycles. The van der Waals surface area contributed by atoms with Gasteiger partial charge in [-0.1, -0.05) is 48.2 Å². The standard InChI is InChI=1S/C19H13N5O4S2/c25-16(21-18-20-15(10-29-18)12-5-2-1-3-6-12)11-30-19-23-22-17(28-19)13-7-4-8-14(9-13)24(26)27/h1-10H,11H2,(H,20,21,25). The summed E-state index contributed by atoms with van der Waals surface area (Å²) in [6.45, 7) is 0. The Hall–Kier alpha value is -3.57. The van der Waals surface area contributed by atoms with Gasteiger partial charge in [0.25, 0.3) is 10.9 Å². The fourth-order valence-corrected chi connectivity index (χ4v) is 3.79. The van der Waals surface area contributed by atoms with Gasteiger partial charge < -0.3 is 9.73 Å². The van der Waals surface area contributed by atoms with E-state index in [1.54, 1.807) is 6.07 Å². The molecule has 1 N–H and O–H groups in total. The second-order valence-electron chi connectivity index (χ2n) is 5.92. The summed E-state index contributed by atoms with van der Waals surface area (Å²) in [7, 11) is 0. The molecule has 0 spiro atoms. The third-order valence-electron chi connectivity index (χ3n) is 3.86. The molecule has 4 rings (SSSR count). The first-order chi connectivity index (χ1) is 14.6. The van der Waals surface area contributed by atoms with E-state index in [4.69, 9.17) is 4.42 Å². The number of thioether (sulfide) groups is 1. The van der Waals surface area contributed by atoms with Crippen LogP contribution in [0.3, 0.4) is 0 Å². The molecule has 0 bridgehead atoms. The largest absolute Gasteiger partial charge is 0.411 e. The van der Waals surface area contributed by atoms with E-state index in [0.29, 0.717) is 10.7 Å². The third-order valence-corrected chi connectivity index (χ3v) is 5.43. The Morgan fingerprint density at radius 3 is 2.73 bits per heavy atom. The molecule has 2 heterocycles. The van der Waals surface area contributed by atoms with E-state index in [9.17, 15) is 14.9 Å². The van der Waals surface area contributed by atoms with Gasteiger partial charge in [0.15, 0.2) is 5.13 Å². The highest BCUT2D eigenvalue weighted by Crippen LogP contribution is 2.27. The summed E-state index contributed by atoms with van der Waals surface area (Å²) in [5, 5.41) is 24.0. The molecule has 0 aliphatic rings. The molecule has 2 aromatic heterocycles. The minimum absolute atomic E-state index is 0.0524. The van der Waals surface area contributed by atoms with Crippen molar-refractivity contribution in [3.05, 3.63) is 70.1 Å². The number of nitrogens with one attached hydrogen (secondary N) is 1. The Balaban J connectivity index is 1.34. The summed E-state index contributed by atoms with van der Waals surface area (Å²) in [6.07, 6.45) is 0. The Morgan fingerprint density at radius 1 is 1.13 bits per heavy atom. The highest BCUT2D eigenvalue weighted by atomic mass is 32.2. The lowest BCUT2D eigenvalue weighted by molar-refractivity contribution is -0.384. The van der Waals surface area contributed by atoms with Crippen LogP contribution in [0.25, 0.3) is 22.7 Å². The van der Waals surface area contributed by atoms with Gasteiger partial charge in [-0.05, 0) is 6.07 Å². The second-order valence-corrected chi connectivity index (χ2v) is 7.71. The van der Waals surface area contributed by atoms with Crippen molar-refractivity contribution >= 4 is 39.8 Å². The summed E-state index contributed by atoms with van der Waals surface area (Å²) >= 11 is 2.41. The minimum atomic E-state index is -0.498. The van der Waals surface area contributed by atoms with Crippen molar-refractivity contribution in [3.8, 4) is 22.7 Å². The van der Waals surface area contributed by atoms with Crippen molar-refractivity contribution in [2.45, 2.75) is 5.22 Å². The Bertz CT molecular complexity index is 1190. The summed E-state index contributed by atoms with van der Waals surface area (Å²) in [5.74, 6) is -0.0605. The molecule has 0 aliphatic carbocycles. The smallest absolute Gasteiger partial charge is 0.277 e. The number of non-ortho nitro benzene ring substituents is 1. The maximum atomic E-state index is 12.2. The van der Waals surface area contributed by atoms with Gasteiger partial charge in [-0.2, -0.15) is 0 Å². The van der Waals surface area contributed by atoms with Crippen LogP contribution in [-0.2, 0) is 4.79 Å². The maximum Gasteiger partial charge on any atom is 0.277 e. The van der Waals surface area contributed by atoms with E-state index in [1.807, 2.05) is 35.7 Å². The molecule has 0 radical (unpaired) electrons. The number of hydrogen-bond acceptors (Lipinski definition) is 9. The normalized spacial score (nSPS) is 10.7. The number of thiazole rings is 1. The first-order valence-electron chi connectivity index (χ1n) is 8.60. The molecule has 150 valence electrons. The van der Waals surface area contributed by atoms with Gasteiger partial charge in [-0.25, -0.2) is 4.98 Å². The molecule has 0 fully saturated rings. The quantitative estimate of drug-likeness (QED) is 0.254. The topological polar surface area (TPSA) is 124 Å². The van der Waals surface area contributed by atoms with Gasteiger partial charge in [-0.3, -0.25) is 14.9 Å². The summed E-state index contributed by atoms with van der Waals surface area (Å²) in [5.41, 5.74) is 2.13. The van der Waals surface area contributed by atoms with E-state index in [0.717, 1.165) is 23.0 Å². The van der Waals surface area contributed by atoms with Gasteiger partial charge >= 0.3 is 0 Å². The summed E-state index contributed by atoms with van der Waals surface area (Å²) in [4.78, 5) is 27.0. The van der Waals surface area contributed by atoms with Crippen molar-refractivity contribution in [2.24, 2.45) is 0 Å².